The number of thioether (sulfide) groups is 1. The number of halogens is 3. The summed E-state index contributed by atoms with van der Waals surface area (Å²) in [4.78, 5) is 19.3. The molecule has 1 aromatic carbocycles. The Labute approximate surface area is 183 Å². The third kappa shape index (κ3) is 5.91. The predicted octanol–water partition coefficient (Wildman–Crippen LogP) is 4.75. The average molecular weight is 462 g/mol. The number of benzene rings is 1. The molecule has 2 heterocycles. The zero-order chi connectivity index (χ0) is 20.1. The topological polar surface area (TPSA) is 51.7 Å². The van der Waals surface area contributed by atoms with Crippen molar-refractivity contribution in [1.29, 1.82) is 0 Å². The van der Waals surface area contributed by atoms with Gasteiger partial charge in [-0.15, -0.1) is 11.8 Å². The molecule has 0 N–H and O–H groups in total. The van der Waals surface area contributed by atoms with Crippen LogP contribution in [0.15, 0.2) is 35.4 Å². The molecular weight excluding hydrogens is 443 g/mol. The van der Waals surface area contributed by atoms with E-state index in [1.54, 1.807) is 23.1 Å². The lowest BCUT2D eigenvalue weighted by Crippen LogP contribution is -2.48. The number of hydrogen-bond acceptors (Lipinski definition) is 5. The molecule has 150 valence electrons. The summed E-state index contributed by atoms with van der Waals surface area (Å²) in [5, 5.41) is 1.72. The van der Waals surface area contributed by atoms with E-state index >= 15 is 0 Å². The van der Waals surface area contributed by atoms with Crippen LogP contribution in [0.3, 0.4) is 0 Å². The molecular formula is C19H19Cl3N2O3S. The molecule has 1 atom stereocenters. The summed E-state index contributed by atoms with van der Waals surface area (Å²) >= 11 is 19.5. The second-order valence-corrected chi connectivity index (χ2v) is 8.55. The highest BCUT2D eigenvalue weighted by atomic mass is 35.5. The molecule has 0 aliphatic carbocycles. The summed E-state index contributed by atoms with van der Waals surface area (Å²) in [7, 11) is 0. The van der Waals surface area contributed by atoms with Gasteiger partial charge in [0.2, 0.25) is 11.8 Å². The monoisotopic (exact) mass is 460 g/mol. The normalized spacial score (nSPS) is 16.9. The maximum atomic E-state index is 12.6. The van der Waals surface area contributed by atoms with Gasteiger partial charge < -0.3 is 14.4 Å². The lowest BCUT2D eigenvalue weighted by molar-refractivity contribution is -0.137. The van der Waals surface area contributed by atoms with Crippen molar-refractivity contribution in [2.24, 2.45) is 0 Å². The zero-order valence-corrected chi connectivity index (χ0v) is 18.2. The first-order valence-electron chi connectivity index (χ1n) is 8.64. The molecule has 1 aliphatic heterocycles. The van der Waals surface area contributed by atoms with Crippen molar-refractivity contribution >= 4 is 52.5 Å². The summed E-state index contributed by atoms with van der Waals surface area (Å²) in [6.45, 7) is 3.72. The van der Waals surface area contributed by atoms with Crippen molar-refractivity contribution in [2.45, 2.75) is 17.9 Å². The molecule has 1 saturated heterocycles. The maximum absolute atomic E-state index is 12.6. The number of carbonyl (C=O) groups is 1. The first kappa shape index (κ1) is 21.5. The summed E-state index contributed by atoms with van der Waals surface area (Å²) in [6, 6.07) is 7.01. The molecule has 9 heteroatoms. The Bertz CT molecular complexity index is 836. The summed E-state index contributed by atoms with van der Waals surface area (Å²) in [6.07, 6.45) is 1.32. The smallest absolute Gasteiger partial charge is 0.233 e. The molecule has 0 radical (unpaired) electrons. The minimum atomic E-state index is -0.207. The van der Waals surface area contributed by atoms with Crippen LogP contribution in [-0.4, -0.2) is 54.0 Å². The fourth-order valence-electron chi connectivity index (χ4n) is 2.64. The van der Waals surface area contributed by atoms with E-state index in [4.69, 9.17) is 44.3 Å². The number of hydrogen-bond donors (Lipinski definition) is 0. The number of ether oxygens (including phenoxy) is 2. The predicted molar refractivity (Wildman–Crippen MR) is 113 cm³/mol. The van der Waals surface area contributed by atoms with Crippen LogP contribution in [-0.2, 0) is 9.53 Å². The van der Waals surface area contributed by atoms with Crippen LogP contribution in [0.4, 0.5) is 0 Å². The number of aromatic nitrogens is 1. The van der Waals surface area contributed by atoms with Crippen molar-refractivity contribution in [3.05, 3.63) is 51.1 Å². The molecule has 0 saturated carbocycles. The molecule has 28 heavy (non-hydrogen) atoms. The highest BCUT2D eigenvalue weighted by molar-refractivity contribution is 8.00. The largest absolute Gasteiger partial charge is 0.475 e. The van der Waals surface area contributed by atoms with Gasteiger partial charge in [0.1, 0.15) is 12.7 Å². The molecule has 1 aromatic heterocycles. The molecule has 0 bridgehead atoms. The Morgan fingerprint density at radius 1 is 1.32 bits per heavy atom. The fraction of sp³-hybridized carbons (Fsp3) is 0.368. The van der Waals surface area contributed by atoms with E-state index in [0.29, 0.717) is 53.0 Å². The van der Waals surface area contributed by atoms with E-state index in [9.17, 15) is 4.79 Å². The second kappa shape index (κ2) is 10.0. The van der Waals surface area contributed by atoms with Crippen LogP contribution in [0.2, 0.25) is 15.1 Å². The van der Waals surface area contributed by atoms with Gasteiger partial charge in [-0.05, 0) is 30.7 Å². The standard InChI is InChI=1S/C19H19Cl3N2O3S/c1-12-6-17(16(22)7-15(12)21)28-11-19(25)24-4-5-26-14(9-24)10-27-18-3-2-13(20)8-23-18/h2-3,6-8,14H,4-5,9-11H2,1H3. The number of morpholine rings is 1. The number of carbonyl (C=O) groups excluding carboxylic acids is 1. The third-order valence-corrected chi connectivity index (χ3v) is 6.27. The highest BCUT2D eigenvalue weighted by Gasteiger charge is 2.25. The minimum absolute atomic E-state index is 0.0339. The molecule has 1 aliphatic rings. The zero-order valence-electron chi connectivity index (χ0n) is 15.2. The Balaban J connectivity index is 1.50. The summed E-state index contributed by atoms with van der Waals surface area (Å²) in [5.41, 5.74) is 0.931. The SMILES string of the molecule is Cc1cc(SCC(=O)N2CCOC(COc3ccc(Cl)cn3)C2)c(Cl)cc1Cl. The van der Waals surface area contributed by atoms with Gasteiger partial charge in [0.05, 0.1) is 28.9 Å². The van der Waals surface area contributed by atoms with Crippen LogP contribution in [0.1, 0.15) is 5.56 Å². The first-order chi connectivity index (χ1) is 13.4. The van der Waals surface area contributed by atoms with E-state index in [-0.39, 0.29) is 12.0 Å². The molecule has 3 rings (SSSR count). The molecule has 0 spiro atoms. The lowest BCUT2D eigenvalue weighted by atomic mass is 10.2. The van der Waals surface area contributed by atoms with Crippen LogP contribution in [0.25, 0.3) is 0 Å². The average Bonchev–Trinajstić information content (AvgIpc) is 2.69. The van der Waals surface area contributed by atoms with Crippen molar-refractivity contribution in [3.63, 3.8) is 0 Å². The summed E-state index contributed by atoms with van der Waals surface area (Å²) in [5.74, 6) is 0.805. The van der Waals surface area contributed by atoms with Gasteiger partial charge in [0, 0.05) is 28.7 Å². The van der Waals surface area contributed by atoms with Crippen molar-refractivity contribution in [3.8, 4) is 5.88 Å². The van der Waals surface area contributed by atoms with Gasteiger partial charge in [-0.1, -0.05) is 34.8 Å². The van der Waals surface area contributed by atoms with Gasteiger partial charge >= 0.3 is 0 Å². The maximum Gasteiger partial charge on any atom is 0.233 e. The van der Waals surface area contributed by atoms with Gasteiger partial charge in [-0.3, -0.25) is 4.79 Å². The first-order valence-corrected chi connectivity index (χ1v) is 10.8. The third-order valence-electron chi connectivity index (χ3n) is 4.17. The molecule has 1 unspecified atom stereocenters. The lowest BCUT2D eigenvalue weighted by Gasteiger charge is -2.32. The number of nitrogens with zero attached hydrogens (tertiary/aromatic N) is 2. The second-order valence-electron chi connectivity index (χ2n) is 6.28. The van der Waals surface area contributed by atoms with E-state index in [2.05, 4.69) is 4.98 Å². The Kier molecular flexibility index (Phi) is 7.71. The van der Waals surface area contributed by atoms with E-state index in [0.717, 1.165) is 10.5 Å². The summed E-state index contributed by atoms with van der Waals surface area (Å²) < 4.78 is 11.3. The Hall–Kier alpha value is -1.18. The Morgan fingerprint density at radius 2 is 2.14 bits per heavy atom. The minimum Gasteiger partial charge on any atom is -0.475 e. The van der Waals surface area contributed by atoms with Crippen LogP contribution in [0, 0.1) is 6.92 Å². The van der Waals surface area contributed by atoms with Gasteiger partial charge in [-0.2, -0.15) is 0 Å². The van der Waals surface area contributed by atoms with E-state index < -0.39 is 0 Å². The van der Waals surface area contributed by atoms with Gasteiger partial charge in [0.25, 0.3) is 0 Å². The van der Waals surface area contributed by atoms with Crippen LogP contribution >= 0.6 is 46.6 Å². The van der Waals surface area contributed by atoms with Gasteiger partial charge in [0.15, 0.2) is 0 Å². The van der Waals surface area contributed by atoms with Gasteiger partial charge in [-0.25, -0.2) is 4.98 Å². The van der Waals surface area contributed by atoms with Crippen LogP contribution < -0.4 is 4.74 Å². The number of amides is 1. The fourth-order valence-corrected chi connectivity index (χ4v) is 4.22. The van der Waals surface area contributed by atoms with Crippen molar-refractivity contribution in [2.75, 3.05) is 32.1 Å². The molecule has 2 aromatic rings. The number of aryl methyl sites for hydroxylation is 1. The molecule has 1 fully saturated rings. The quantitative estimate of drug-likeness (QED) is 0.581. The van der Waals surface area contributed by atoms with E-state index in [1.807, 2.05) is 13.0 Å². The van der Waals surface area contributed by atoms with E-state index in [1.165, 1.54) is 18.0 Å². The number of rotatable bonds is 6. The highest BCUT2D eigenvalue weighted by Crippen LogP contribution is 2.32. The van der Waals surface area contributed by atoms with Crippen molar-refractivity contribution < 1.29 is 14.3 Å². The Morgan fingerprint density at radius 3 is 2.89 bits per heavy atom. The van der Waals surface area contributed by atoms with Crippen LogP contribution in [0.5, 0.6) is 5.88 Å². The molecule has 1 amide bonds. The number of pyridine rings is 1. The van der Waals surface area contributed by atoms with Crippen molar-refractivity contribution in [1.82, 2.24) is 9.88 Å². The molecule has 5 nitrogen and oxygen atoms in total.